The minimum absolute atomic E-state index is 0.0487. The molecule has 3 heterocycles. The highest BCUT2D eigenvalue weighted by atomic mass is 35.5. The lowest BCUT2D eigenvalue weighted by Crippen LogP contribution is -2.20. The zero-order valence-electron chi connectivity index (χ0n) is 11.0. The quantitative estimate of drug-likeness (QED) is 0.749. The van der Waals surface area contributed by atoms with Crippen molar-refractivity contribution in [2.45, 2.75) is 18.8 Å². The van der Waals surface area contributed by atoms with Crippen LogP contribution in [0.25, 0.3) is 11.0 Å². The van der Waals surface area contributed by atoms with Gasteiger partial charge in [-0.15, -0.1) is 0 Å². The summed E-state index contributed by atoms with van der Waals surface area (Å²) in [5.74, 6) is 0.308. The molecule has 2 aromatic rings. The molecule has 0 unspecified atom stereocenters. The molecule has 5 nitrogen and oxygen atoms in total. The molecule has 0 bridgehead atoms. The van der Waals surface area contributed by atoms with Gasteiger partial charge in [0.05, 0.1) is 16.7 Å². The van der Waals surface area contributed by atoms with E-state index in [9.17, 15) is 4.79 Å². The van der Waals surface area contributed by atoms with Crippen LogP contribution in [-0.4, -0.2) is 27.3 Å². The van der Waals surface area contributed by atoms with E-state index in [4.69, 9.17) is 16.3 Å². The maximum absolute atomic E-state index is 12.1. The fraction of sp³-hybridized carbons (Fsp3) is 0.538. The van der Waals surface area contributed by atoms with E-state index in [2.05, 4.69) is 4.98 Å². The van der Waals surface area contributed by atoms with Gasteiger partial charge in [0.25, 0.3) is 0 Å². The van der Waals surface area contributed by atoms with Crippen molar-refractivity contribution >= 4 is 22.6 Å². The van der Waals surface area contributed by atoms with E-state index < -0.39 is 0 Å². The highest BCUT2D eigenvalue weighted by molar-refractivity contribution is 6.30. The van der Waals surface area contributed by atoms with Crippen molar-refractivity contribution < 1.29 is 4.74 Å². The number of rotatable bonds is 1. The fourth-order valence-corrected chi connectivity index (χ4v) is 2.99. The molecular weight excluding hydrogens is 266 g/mol. The van der Waals surface area contributed by atoms with Crippen LogP contribution in [0.2, 0.25) is 5.15 Å². The molecule has 0 aromatic carbocycles. The molecule has 0 spiro atoms. The Morgan fingerprint density at radius 3 is 2.68 bits per heavy atom. The molecule has 1 saturated heterocycles. The van der Waals surface area contributed by atoms with Crippen LogP contribution in [0, 0.1) is 0 Å². The summed E-state index contributed by atoms with van der Waals surface area (Å²) < 4.78 is 8.66. The number of nitrogens with zero attached hydrogens (tertiary/aromatic N) is 3. The van der Waals surface area contributed by atoms with Crippen molar-refractivity contribution in [3.8, 4) is 0 Å². The van der Waals surface area contributed by atoms with Crippen molar-refractivity contribution in [2.75, 3.05) is 13.2 Å². The monoisotopic (exact) mass is 281 g/mol. The van der Waals surface area contributed by atoms with Crippen LogP contribution in [0.1, 0.15) is 24.5 Å². The minimum Gasteiger partial charge on any atom is -0.381 e. The molecule has 0 saturated carbocycles. The summed E-state index contributed by atoms with van der Waals surface area (Å²) >= 11 is 6.11. The Labute approximate surface area is 115 Å². The van der Waals surface area contributed by atoms with Crippen molar-refractivity contribution in [2.24, 2.45) is 14.1 Å². The van der Waals surface area contributed by atoms with Gasteiger partial charge in [-0.1, -0.05) is 11.6 Å². The summed E-state index contributed by atoms with van der Waals surface area (Å²) in [6, 6.07) is 1.75. The molecule has 0 N–H and O–H groups in total. The van der Waals surface area contributed by atoms with E-state index in [1.807, 2.05) is 0 Å². The largest absolute Gasteiger partial charge is 0.381 e. The Morgan fingerprint density at radius 2 is 2.00 bits per heavy atom. The molecule has 3 rings (SSSR count). The minimum atomic E-state index is -0.0487. The Kier molecular flexibility index (Phi) is 3.11. The van der Waals surface area contributed by atoms with Gasteiger partial charge in [0.15, 0.2) is 0 Å². The SMILES string of the molecule is Cn1c(=O)n(C)c2c(C3CCOCC3)nc(Cl)cc21. The van der Waals surface area contributed by atoms with Crippen LogP contribution < -0.4 is 5.69 Å². The van der Waals surface area contributed by atoms with Gasteiger partial charge in [-0.05, 0) is 12.8 Å². The van der Waals surface area contributed by atoms with Gasteiger partial charge in [-0.3, -0.25) is 9.13 Å². The van der Waals surface area contributed by atoms with Gasteiger partial charge < -0.3 is 4.74 Å². The summed E-state index contributed by atoms with van der Waals surface area (Å²) in [6.07, 6.45) is 1.84. The first-order valence-electron chi connectivity index (χ1n) is 6.39. The van der Waals surface area contributed by atoms with E-state index >= 15 is 0 Å². The van der Waals surface area contributed by atoms with Gasteiger partial charge in [-0.2, -0.15) is 0 Å². The number of halogens is 1. The van der Waals surface area contributed by atoms with Crippen molar-refractivity contribution in [3.63, 3.8) is 0 Å². The molecule has 0 atom stereocenters. The van der Waals surface area contributed by atoms with Crippen molar-refractivity contribution in [1.29, 1.82) is 0 Å². The molecule has 1 aliphatic heterocycles. The van der Waals surface area contributed by atoms with Crippen LogP contribution >= 0.6 is 11.6 Å². The van der Waals surface area contributed by atoms with Gasteiger partial charge in [0, 0.05) is 39.3 Å². The third-order valence-electron chi connectivity index (χ3n) is 3.85. The predicted molar refractivity (Wildman–Crippen MR) is 73.8 cm³/mol. The first-order valence-corrected chi connectivity index (χ1v) is 6.77. The molecular formula is C13H16ClN3O2. The summed E-state index contributed by atoms with van der Waals surface area (Å²) in [5, 5.41) is 0.440. The normalized spacial score (nSPS) is 17.2. The Balaban J connectivity index is 2.28. The third kappa shape index (κ3) is 1.97. The molecule has 2 aromatic heterocycles. The molecule has 0 amide bonds. The van der Waals surface area contributed by atoms with Gasteiger partial charge in [-0.25, -0.2) is 9.78 Å². The molecule has 19 heavy (non-hydrogen) atoms. The lowest BCUT2D eigenvalue weighted by molar-refractivity contribution is 0.0847. The van der Waals surface area contributed by atoms with Crippen LogP contribution in [0.3, 0.4) is 0 Å². The number of fused-ring (bicyclic) bond motifs is 1. The third-order valence-corrected chi connectivity index (χ3v) is 4.04. The van der Waals surface area contributed by atoms with E-state index in [0.29, 0.717) is 11.1 Å². The number of imidazole rings is 1. The average Bonchev–Trinajstić information content (AvgIpc) is 2.64. The first-order chi connectivity index (χ1) is 9.09. The number of aromatic nitrogens is 3. The number of pyridine rings is 1. The average molecular weight is 282 g/mol. The lowest BCUT2D eigenvalue weighted by Gasteiger charge is -2.22. The van der Waals surface area contributed by atoms with Crippen LogP contribution in [0.15, 0.2) is 10.9 Å². The molecule has 1 fully saturated rings. The number of aryl methyl sites for hydroxylation is 2. The van der Waals surface area contributed by atoms with E-state index in [1.54, 1.807) is 29.3 Å². The maximum atomic E-state index is 12.1. The van der Waals surface area contributed by atoms with E-state index in [0.717, 1.165) is 42.8 Å². The van der Waals surface area contributed by atoms with Gasteiger partial charge >= 0.3 is 5.69 Å². The smallest absolute Gasteiger partial charge is 0.328 e. The number of ether oxygens (including phenoxy) is 1. The second kappa shape index (κ2) is 4.65. The van der Waals surface area contributed by atoms with Crippen LogP contribution in [0.5, 0.6) is 0 Å². The summed E-state index contributed by atoms with van der Waals surface area (Å²) in [7, 11) is 3.54. The van der Waals surface area contributed by atoms with Gasteiger partial charge in [0.1, 0.15) is 5.15 Å². The number of hydrogen-bond donors (Lipinski definition) is 0. The maximum Gasteiger partial charge on any atom is 0.328 e. The molecule has 102 valence electrons. The van der Waals surface area contributed by atoms with Crippen molar-refractivity contribution in [1.82, 2.24) is 14.1 Å². The molecule has 1 aliphatic rings. The van der Waals surface area contributed by atoms with Crippen LogP contribution in [-0.2, 0) is 18.8 Å². The Bertz CT molecular complexity index is 683. The summed E-state index contributed by atoms with van der Waals surface area (Å²) in [6.45, 7) is 1.47. The van der Waals surface area contributed by atoms with Crippen molar-refractivity contribution in [3.05, 3.63) is 27.4 Å². The second-order valence-electron chi connectivity index (χ2n) is 4.99. The Morgan fingerprint density at radius 1 is 1.32 bits per heavy atom. The molecule has 0 radical (unpaired) electrons. The molecule has 0 aliphatic carbocycles. The lowest BCUT2D eigenvalue weighted by atomic mass is 9.95. The highest BCUT2D eigenvalue weighted by Gasteiger charge is 2.23. The van der Waals surface area contributed by atoms with Crippen LogP contribution in [0.4, 0.5) is 0 Å². The summed E-state index contributed by atoms with van der Waals surface area (Å²) in [4.78, 5) is 16.5. The topological polar surface area (TPSA) is 49.0 Å². The van der Waals surface area contributed by atoms with Gasteiger partial charge in [0.2, 0.25) is 0 Å². The molecule has 6 heteroatoms. The summed E-state index contributed by atoms with van der Waals surface area (Å²) in [5.41, 5.74) is 2.61. The Hall–Kier alpha value is -1.33. The standard InChI is InChI=1S/C13H16ClN3O2/c1-16-9-7-10(14)15-11(8-3-5-19-6-4-8)12(9)17(2)13(16)18/h7-8H,3-6H2,1-2H3. The predicted octanol–water partition coefficient (Wildman–Crippen LogP) is 1.82. The second-order valence-corrected chi connectivity index (χ2v) is 5.37. The highest BCUT2D eigenvalue weighted by Crippen LogP contribution is 2.31. The zero-order valence-corrected chi connectivity index (χ0v) is 11.8. The fourth-order valence-electron chi connectivity index (χ4n) is 2.79. The van der Waals surface area contributed by atoms with E-state index in [1.165, 1.54) is 0 Å². The number of hydrogen-bond acceptors (Lipinski definition) is 3. The zero-order chi connectivity index (χ0) is 13.6. The first kappa shape index (κ1) is 12.7. The van der Waals surface area contributed by atoms with E-state index in [-0.39, 0.29) is 5.69 Å².